The van der Waals surface area contributed by atoms with Crippen LogP contribution in [0.15, 0.2) is 20.0 Å². The molecule has 0 atom stereocenters. The molecule has 2 heterocycles. The summed E-state index contributed by atoms with van der Waals surface area (Å²) in [5, 5.41) is 0. The minimum Gasteiger partial charge on any atom is -0.452 e. The van der Waals surface area contributed by atoms with E-state index in [0.717, 1.165) is 0 Å². The second-order valence-corrected chi connectivity index (χ2v) is 7.24. The Hall–Kier alpha value is -0.410. The van der Waals surface area contributed by atoms with E-state index in [1.807, 2.05) is 6.92 Å². The van der Waals surface area contributed by atoms with Crippen molar-refractivity contribution in [1.82, 2.24) is 4.31 Å². The molecule has 0 spiro atoms. The molecule has 1 aromatic heterocycles. The fourth-order valence-corrected chi connectivity index (χ4v) is 4.72. The quantitative estimate of drug-likeness (QED) is 0.856. The summed E-state index contributed by atoms with van der Waals surface area (Å²) in [5.74, 6) is 0.444. The summed E-state index contributed by atoms with van der Waals surface area (Å²) in [6, 6.07) is 1.48. The topological polar surface area (TPSA) is 85.8 Å². The fraction of sp³-hybridized carbons (Fsp3) is 0.667. The van der Waals surface area contributed by atoms with E-state index in [9.17, 15) is 8.42 Å². The summed E-state index contributed by atoms with van der Waals surface area (Å²) >= 11 is 3.14. The molecular weight excluding hydrogens is 348 g/mol. The van der Waals surface area contributed by atoms with Gasteiger partial charge in [0, 0.05) is 25.8 Å². The van der Waals surface area contributed by atoms with Crippen LogP contribution in [-0.2, 0) is 21.3 Å². The number of hydrogen-bond acceptors (Lipinski definition) is 5. The SMILES string of the molecule is CCOC1CCN(S(=O)(=O)c2cc(CN)oc2Br)CC1. The predicted octanol–water partition coefficient (Wildman–Crippen LogP) is 1.69. The average Bonchev–Trinajstić information content (AvgIpc) is 2.82. The molecule has 1 fully saturated rings. The maximum Gasteiger partial charge on any atom is 0.247 e. The van der Waals surface area contributed by atoms with Gasteiger partial charge in [-0.05, 0) is 35.7 Å². The van der Waals surface area contributed by atoms with Crippen LogP contribution in [0.4, 0.5) is 0 Å². The van der Waals surface area contributed by atoms with Crippen LogP contribution < -0.4 is 5.73 Å². The van der Waals surface area contributed by atoms with Crippen LogP contribution in [0.2, 0.25) is 0 Å². The Bertz CT molecular complexity index is 550. The summed E-state index contributed by atoms with van der Waals surface area (Å²) in [6.45, 7) is 3.69. The number of halogens is 1. The molecule has 1 aromatic rings. The maximum atomic E-state index is 12.6. The third-order valence-corrected chi connectivity index (χ3v) is 6.08. The van der Waals surface area contributed by atoms with Gasteiger partial charge in [0.05, 0.1) is 12.6 Å². The first-order valence-corrected chi connectivity index (χ1v) is 8.82. The van der Waals surface area contributed by atoms with Gasteiger partial charge in [0.2, 0.25) is 10.0 Å². The van der Waals surface area contributed by atoms with E-state index in [1.165, 1.54) is 10.4 Å². The van der Waals surface area contributed by atoms with Gasteiger partial charge >= 0.3 is 0 Å². The first-order valence-electron chi connectivity index (χ1n) is 6.59. The van der Waals surface area contributed by atoms with Crippen molar-refractivity contribution in [2.24, 2.45) is 5.73 Å². The molecule has 0 aliphatic carbocycles. The molecule has 2 N–H and O–H groups in total. The molecule has 1 saturated heterocycles. The standard InChI is InChI=1S/C12H19BrN2O4S/c1-2-18-9-3-5-15(6-4-9)20(16,17)11-7-10(8-14)19-12(11)13/h7,9H,2-6,8,14H2,1H3. The van der Waals surface area contributed by atoms with Crippen molar-refractivity contribution in [1.29, 1.82) is 0 Å². The first kappa shape index (κ1) is 16.0. The van der Waals surface area contributed by atoms with Gasteiger partial charge in [0.1, 0.15) is 10.7 Å². The Kier molecular flexibility index (Phi) is 5.25. The lowest BCUT2D eigenvalue weighted by atomic mass is 10.1. The van der Waals surface area contributed by atoms with Crippen molar-refractivity contribution in [3.05, 3.63) is 16.5 Å². The number of sulfonamides is 1. The van der Waals surface area contributed by atoms with Crippen molar-refractivity contribution < 1.29 is 17.6 Å². The minimum absolute atomic E-state index is 0.146. The molecule has 0 amide bonds. The van der Waals surface area contributed by atoms with Gasteiger partial charge in [-0.1, -0.05) is 0 Å². The first-order chi connectivity index (χ1) is 9.48. The zero-order valence-corrected chi connectivity index (χ0v) is 13.7. The van der Waals surface area contributed by atoms with E-state index >= 15 is 0 Å². The number of rotatable bonds is 5. The summed E-state index contributed by atoms with van der Waals surface area (Å²) in [4.78, 5) is 0.146. The predicted molar refractivity (Wildman–Crippen MR) is 77.7 cm³/mol. The second-order valence-electron chi connectivity index (χ2n) is 4.61. The fourth-order valence-electron chi connectivity index (χ4n) is 2.29. The largest absolute Gasteiger partial charge is 0.452 e. The van der Waals surface area contributed by atoms with Gasteiger partial charge in [-0.15, -0.1) is 0 Å². The molecular formula is C12H19BrN2O4S. The number of nitrogens with two attached hydrogens (primary N) is 1. The molecule has 6 nitrogen and oxygen atoms in total. The van der Waals surface area contributed by atoms with Gasteiger partial charge in [0.15, 0.2) is 4.67 Å². The van der Waals surface area contributed by atoms with E-state index in [2.05, 4.69) is 15.9 Å². The minimum atomic E-state index is -3.54. The number of piperidine rings is 1. The maximum absolute atomic E-state index is 12.6. The molecule has 114 valence electrons. The molecule has 0 radical (unpaired) electrons. The second kappa shape index (κ2) is 6.57. The smallest absolute Gasteiger partial charge is 0.247 e. The van der Waals surface area contributed by atoms with Crippen LogP contribution in [0.1, 0.15) is 25.5 Å². The number of nitrogens with zero attached hydrogens (tertiary/aromatic N) is 1. The Morgan fingerprint density at radius 3 is 2.65 bits per heavy atom. The highest BCUT2D eigenvalue weighted by Gasteiger charge is 2.32. The Labute approximate surface area is 127 Å². The lowest BCUT2D eigenvalue weighted by molar-refractivity contribution is 0.0290. The molecule has 2 rings (SSSR count). The highest BCUT2D eigenvalue weighted by Crippen LogP contribution is 2.30. The van der Waals surface area contributed by atoms with E-state index in [0.29, 0.717) is 38.3 Å². The zero-order valence-electron chi connectivity index (χ0n) is 11.3. The molecule has 8 heteroatoms. The van der Waals surface area contributed by atoms with E-state index in [4.69, 9.17) is 14.9 Å². The molecule has 0 bridgehead atoms. The van der Waals surface area contributed by atoms with E-state index < -0.39 is 10.0 Å². The summed E-state index contributed by atoms with van der Waals surface area (Å²) in [7, 11) is -3.54. The van der Waals surface area contributed by atoms with Gasteiger partial charge in [-0.2, -0.15) is 4.31 Å². The van der Waals surface area contributed by atoms with Crippen molar-refractivity contribution in [3.8, 4) is 0 Å². The van der Waals surface area contributed by atoms with Crippen LogP contribution in [0.25, 0.3) is 0 Å². The lowest BCUT2D eigenvalue weighted by Gasteiger charge is -2.30. The molecule has 1 aliphatic rings. The zero-order chi connectivity index (χ0) is 14.8. The van der Waals surface area contributed by atoms with Gasteiger partial charge in [-0.25, -0.2) is 8.42 Å². The van der Waals surface area contributed by atoms with Crippen molar-refractivity contribution >= 4 is 26.0 Å². The van der Waals surface area contributed by atoms with Crippen LogP contribution in [0.3, 0.4) is 0 Å². The lowest BCUT2D eigenvalue weighted by Crippen LogP contribution is -2.40. The van der Waals surface area contributed by atoms with Gasteiger partial charge in [0.25, 0.3) is 0 Å². The van der Waals surface area contributed by atoms with Crippen LogP contribution in [0, 0.1) is 0 Å². The number of furan rings is 1. The highest BCUT2D eigenvalue weighted by atomic mass is 79.9. The third-order valence-electron chi connectivity index (χ3n) is 3.33. The summed E-state index contributed by atoms with van der Waals surface area (Å²) in [5.41, 5.74) is 5.47. The van der Waals surface area contributed by atoms with E-state index in [1.54, 1.807) is 0 Å². The summed E-state index contributed by atoms with van der Waals surface area (Å²) in [6.07, 6.45) is 1.58. The molecule has 1 aliphatic heterocycles. The van der Waals surface area contributed by atoms with Crippen molar-refractivity contribution in [3.63, 3.8) is 0 Å². The number of hydrogen-bond donors (Lipinski definition) is 1. The third kappa shape index (κ3) is 3.25. The van der Waals surface area contributed by atoms with Crippen molar-refractivity contribution in [2.75, 3.05) is 19.7 Å². The number of ether oxygens (including phenoxy) is 1. The Morgan fingerprint density at radius 1 is 1.50 bits per heavy atom. The van der Waals surface area contributed by atoms with Crippen LogP contribution in [-0.4, -0.2) is 38.5 Å². The van der Waals surface area contributed by atoms with Crippen molar-refractivity contribution in [2.45, 2.75) is 37.3 Å². The van der Waals surface area contributed by atoms with E-state index in [-0.39, 0.29) is 22.2 Å². The Balaban J connectivity index is 2.13. The van der Waals surface area contributed by atoms with Gasteiger partial charge < -0.3 is 14.9 Å². The Morgan fingerprint density at radius 2 is 2.15 bits per heavy atom. The van der Waals surface area contributed by atoms with Crippen LogP contribution in [0.5, 0.6) is 0 Å². The molecule has 0 saturated carbocycles. The molecule has 0 unspecified atom stereocenters. The average molecular weight is 367 g/mol. The normalized spacial score (nSPS) is 18.6. The summed E-state index contributed by atoms with van der Waals surface area (Å²) < 4.78 is 37.6. The molecule has 0 aromatic carbocycles. The monoisotopic (exact) mass is 366 g/mol. The van der Waals surface area contributed by atoms with Gasteiger partial charge in [-0.3, -0.25) is 0 Å². The highest BCUT2D eigenvalue weighted by molar-refractivity contribution is 9.10. The van der Waals surface area contributed by atoms with Crippen LogP contribution >= 0.6 is 15.9 Å². The molecule has 20 heavy (non-hydrogen) atoms.